The second-order valence-corrected chi connectivity index (χ2v) is 5.76. The minimum atomic E-state index is -0.373. The van der Waals surface area contributed by atoms with Crippen molar-refractivity contribution < 1.29 is 23.8 Å². The number of anilines is 1. The summed E-state index contributed by atoms with van der Waals surface area (Å²) >= 11 is 5.93. The molecule has 1 N–H and O–H groups in total. The quantitative estimate of drug-likeness (QED) is 0.704. The van der Waals surface area contributed by atoms with Crippen molar-refractivity contribution in [3.63, 3.8) is 0 Å². The summed E-state index contributed by atoms with van der Waals surface area (Å²) in [6.45, 7) is 1.50. The fourth-order valence-corrected chi connectivity index (χ4v) is 2.46. The average Bonchev–Trinajstić information content (AvgIpc) is 2.66. The molecule has 0 saturated heterocycles. The van der Waals surface area contributed by atoms with Gasteiger partial charge in [-0.1, -0.05) is 18.5 Å². The Bertz CT molecular complexity index is 807. The van der Waals surface area contributed by atoms with E-state index in [2.05, 4.69) is 5.32 Å². The van der Waals surface area contributed by atoms with Crippen LogP contribution in [0.4, 0.5) is 5.69 Å². The van der Waals surface area contributed by atoms with Crippen LogP contribution in [0.25, 0.3) is 0 Å². The zero-order chi connectivity index (χ0) is 19.1. The molecule has 0 heterocycles. The zero-order valence-corrected chi connectivity index (χ0v) is 15.6. The zero-order valence-electron chi connectivity index (χ0n) is 14.8. The number of carbonyl (C=O) groups excluding carboxylic acids is 2. The maximum Gasteiger partial charge on any atom is 0.262 e. The minimum absolute atomic E-state index is 0.109. The predicted molar refractivity (Wildman–Crippen MR) is 99.7 cm³/mol. The smallest absolute Gasteiger partial charge is 0.262 e. The van der Waals surface area contributed by atoms with Crippen LogP contribution in [-0.4, -0.2) is 32.5 Å². The number of ketones is 1. The van der Waals surface area contributed by atoms with Gasteiger partial charge in [0.15, 0.2) is 23.9 Å². The van der Waals surface area contributed by atoms with Crippen molar-refractivity contribution in [2.75, 3.05) is 26.1 Å². The maximum absolute atomic E-state index is 12.1. The van der Waals surface area contributed by atoms with Crippen molar-refractivity contribution in [3.8, 4) is 17.2 Å². The van der Waals surface area contributed by atoms with Crippen LogP contribution in [0.1, 0.15) is 23.7 Å². The Kier molecular flexibility index (Phi) is 6.86. The van der Waals surface area contributed by atoms with Crippen LogP contribution >= 0.6 is 11.6 Å². The standard InChI is InChI=1S/C19H20ClNO5/c1-4-15(22)14-9-12(20)5-7-16(14)26-11-19(23)21-13-6-8-17(24-2)18(10-13)25-3/h5-10H,4,11H2,1-3H3,(H,21,23). The molecule has 2 aromatic carbocycles. The Labute approximate surface area is 157 Å². The number of carbonyl (C=O) groups is 2. The van der Waals surface area contributed by atoms with Crippen LogP contribution in [0.15, 0.2) is 36.4 Å². The summed E-state index contributed by atoms with van der Waals surface area (Å²) in [6.07, 6.45) is 0.314. The fourth-order valence-electron chi connectivity index (χ4n) is 2.29. The molecule has 0 bridgehead atoms. The number of benzene rings is 2. The average molecular weight is 378 g/mol. The van der Waals surface area contributed by atoms with Gasteiger partial charge < -0.3 is 19.5 Å². The number of ether oxygens (including phenoxy) is 3. The molecule has 0 radical (unpaired) electrons. The molecule has 0 aliphatic carbocycles. The van der Waals surface area contributed by atoms with Crippen molar-refractivity contribution in [1.29, 1.82) is 0 Å². The maximum atomic E-state index is 12.1. The highest BCUT2D eigenvalue weighted by atomic mass is 35.5. The van der Waals surface area contributed by atoms with E-state index in [1.165, 1.54) is 20.3 Å². The van der Waals surface area contributed by atoms with E-state index >= 15 is 0 Å². The molecular formula is C19H20ClNO5. The van der Waals surface area contributed by atoms with Crippen LogP contribution in [0.3, 0.4) is 0 Å². The van der Waals surface area contributed by atoms with E-state index in [1.807, 2.05) is 0 Å². The lowest BCUT2D eigenvalue weighted by Crippen LogP contribution is -2.21. The summed E-state index contributed by atoms with van der Waals surface area (Å²) in [7, 11) is 3.05. The second kappa shape index (κ2) is 9.10. The number of halogens is 1. The van der Waals surface area contributed by atoms with E-state index in [4.69, 9.17) is 25.8 Å². The first kappa shape index (κ1) is 19.6. The Balaban J connectivity index is 2.05. The highest BCUT2D eigenvalue weighted by Gasteiger charge is 2.14. The Morgan fingerprint density at radius 2 is 1.69 bits per heavy atom. The van der Waals surface area contributed by atoms with Gasteiger partial charge in [-0.3, -0.25) is 9.59 Å². The van der Waals surface area contributed by atoms with Crippen molar-refractivity contribution in [3.05, 3.63) is 47.0 Å². The summed E-state index contributed by atoms with van der Waals surface area (Å²) < 4.78 is 15.9. The number of Topliss-reactive ketones (excluding diaryl/α,β-unsaturated/α-hetero) is 1. The van der Waals surface area contributed by atoms with Gasteiger partial charge in [-0.15, -0.1) is 0 Å². The molecule has 0 unspecified atom stereocenters. The molecule has 0 aliphatic rings. The van der Waals surface area contributed by atoms with E-state index < -0.39 is 0 Å². The van der Waals surface area contributed by atoms with Crippen molar-refractivity contribution >= 4 is 29.0 Å². The van der Waals surface area contributed by atoms with Crippen LogP contribution in [-0.2, 0) is 4.79 Å². The molecular weight excluding hydrogens is 358 g/mol. The molecule has 1 amide bonds. The first-order chi connectivity index (χ1) is 12.5. The van der Waals surface area contributed by atoms with Crippen LogP contribution in [0, 0.1) is 0 Å². The van der Waals surface area contributed by atoms with E-state index in [-0.39, 0.29) is 18.3 Å². The van der Waals surface area contributed by atoms with Gasteiger partial charge in [0.1, 0.15) is 5.75 Å². The molecule has 0 atom stereocenters. The summed E-state index contributed by atoms with van der Waals surface area (Å²) in [6, 6.07) is 9.74. The largest absolute Gasteiger partial charge is 0.493 e. The molecule has 0 fully saturated rings. The third kappa shape index (κ3) is 4.89. The first-order valence-corrected chi connectivity index (χ1v) is 8.33. The molecule has 7 heteroatoms. The minimum Gasteiger partial charge on any atom is -0.493 e. The normalized spacial score (nSPS) is 10.2. The van der Waals surface area contributed by atoms with Crippen LogP contribution < -0.4 is 19.5 Å². The molecule has 0 aliphatic heterocycles. The lowest BCUT2D eigenvalue weighted by atomic mass is 10.1. The molecule has 0 saturated carbocycles. The first-order valence-electron chi connectivity index (χ1n) is 7.96. The number of hydrogen-bond acceptors (Lipinski definition) is 5. The number of amides is 1. The van der Waals surface area contributed by atoms with E-state index in [0.717, 1.165) is 0 Å². The molecule has 138 valence electrons. The lowest BCUT2D eigenvalue weighted by molar-refractivity contribution is -0.118. The number of nitrogens with one attached hydrogen (secondary N) is 1. The van der Waals surface area contributed by atoms with Gasteiger partial charge in [0.05, 0.1) is 19.8 Å². The Morgan fingerprint density at radius 1 is 1.00 bits per heavy atom. The van der Waals surface area contributed by atoms with Gasteiger partial charge in [-0.05, 0) is 30.3 Å². The molecule has 26 heavy (non-hydrogen) atoms. The molecule has 0 aromatic heterocycles. The Morgan fingerprint density at radius 3 is 2.35 bits per heavy atom. The SMILES string of the molecule is CCC(=O)c1cc(Cl)ccc1OCC(=O)Nc1ccc(OC)c(OC)c1. The van der Waals surface area contributed by atoms with Gasteiger partial charge in [-0.2, -0.15) is 0 Å². The number of rotatable bonds is 8. The third-order valence-corrected chi connectivity index (χ3v) is 3.82. The summed E-state index contributed by atoms with van der Waals surface area (Å²) in [4.78, 5) is 24.1. The summed E-state index contributed by atoms with van der Waals surface area (Å²) in [5, 5.41) is 3.14. The molecule has 2 rings (SSSR count). The van der Waals surface area contributed by atoms with Crippen molar-refractivity contribution in [1.82, 2.24) is 0 Å². The monoisotopic (exact) mass is 377 g/mol. The van der Waals surface area contributed by atoms with Crippen LogP contribution in [0.5, 0.6) is 17.2 Å². The van der Waals surface area contributed by atoms with Gasteiger partial charge in [0.25, 0.3) is 5.91 Å². The molecule has 6 nitrogen and oxygen atoms in total. The van der Waals surface area contributed by atoms with Gasteiger partial charge >= 0.3 is 0 Å². The van der Waals surface area contributed by atoms with Gasteiger partial charge in [-0.25, -0.2) is 0 Å². The second-order valence-electron chi connectivity index (χ2n) is 5.32. The number of methoxy groups -OCH3 is 2. The van der Waals surface area contributed by atoms with E-state index in [9.17, 15) is 9.59 Å². The van der Waals surface area contributed by atoms with Gasteiger partial charge in [0, 0.05) is 23.2 Å². The number of hydrogen-bond donors (Lipinski definition) is 1. The van der Waals surface area contributed by atoms with Crippen LogP contribution in [0.2, 0.25) is 5.02 Å². The third-order valence-electron chi connectivity index (χ3n) is 3.59. The summed E-state index contributed by atoms with van der Waals surface area (Å²) in [5.41, 5.74) is 0.899. The van der Waals surface area contributed by atoms with E-state index in [0.29, 0.717) is 39.9 Å². The highest BCUT2D eigenvalue weighted by Crippen LogP contribution is 2.30. The Hall–Kier alpha value is -2.73. The van der Waals surface area contributed by atoms with Crippen molar-refractivity contribution in [2.45, 2.75) is 13.3 Å². The molecule has 0 spiro atoms. The summed E-state index contributed by atoms with van der Waals surface area (Å²) in [5.74, 6) is 0.902. The topological polar surface area (TPSA) is 73.9 Å². The lowest BCUT2D eigenvalue weighted by Gasteiger charge is -2.12. The fraction of sp³-hybridized carbons (Fsp3) is 0.263. The van der Waals surface area contributed by atoms with Crippen molar-refractivity contribution in [2.24, 2.45) is 0 Å². The highest BCUT2D eigenvalue weighted by molar-refractivity contribution is 6.31. The van der Waals surface area contributed by atoms with Gasteiger partial charge in [0.2, 0.25) is 0 Å². The molecule has 2 aromatic rings. The predicted octanol–water partition coefficient (Wildman–Crippen LogP) is 3.97. The van der Waals surface area contributed by atoms with E-state index in [1.54, 1.807) is 37.3 Å².